The molecule has 0 fully saturated rings. The van der Waals surface area contributed by atoms with Crippen LogP contribution in [0.15, 0.2) is 57.8 Å². The second kappa shape index (κ2) is 6.75. The van der Waals surface area contributed by atoms with Crippen LogP contribution in [0.1, 0.15) is 25.0 Å². The van der Waals surface area contributed by atoms with Crippen molar-refractivity contribution >= 4 is 15.7 Å². The van der Waals surface area contributed by atoms with Gasteiger partial charge in [0.25, 0.3) is 10.0 Å². The molecule has 0 N–H and O–H groups in total. The zero-order valence-corrected chi connectivity index (χ0v) is 13.7. The van der Waals surface area contributed by atoms with Crippen molar-refractivity contribution in [2.45, 2.75) is 25.7 Å². The third-order valence-corrected chi connectivity index (χ3v) is 4.54. The van der Waals surface area contributed by atoms with E-state index in [1.807, 2.05) is 13.8 Å². The molecule has 0 spiro atoms. The zero-order valence-electron chi connectivity index (χ0n) is 12.9. The molecule has 0 bridgehead atoms. The molecule has 0 saturated carbocycles. The molecule has 0 amide bonds. The van der Waals surface area contributed by atoms with E-state index in [0.29, 0.717) is 12.3 Å². The highest BCUT2D eigenvalue weighted by molar-refractivity contribution is 7.90. The van der Waals surface area contributed by atoms with Crippen LogP contribution in [0.3, 0.4) is 0 Å². The van der Waals surface area contributed by atoms with Crippen molar-refractivity contribution in [1.82, 2.24) is 0 Å². The normalized spacial score (nSPS) is 12.2. The van der Waals surface area contributed by atoms with Gasteiger partial charge in [-0.05, 0) is 62.7 Å². The summed E-state index contributed by atoms with van der Waals surface area (Å²) in [7, 11) is -3.69. The zero-order chi connectivity index (χ0) is 16.2. The van der Waals surface area contributed by atoms with Crippen molar-refractivity contribution in [3.63, 3.8) is 0 Å². The SMILES string of the molecule is CCOc1ccc(/C(C)=N/S(=O)(=O)c2ccc(C)cc2)cc1. The van der Waals surface area contributed by atoms with Gasteiger partial charge >= 0.3 is 0 Å². The second-order valence-electron chi connectivity index (χ2n) is 4.92. The summed E-state index contributed by atoms with van der Waals surface area (Å²) in [6.07, 6.45) is 0. The molecule has 0 aliphatic rings. The van der Waals surface area contributed by atoms with Crippen molar-refractivity contribution in [1.29, 1.82) is 0 Å². The Hall–Kier alpha value is -2.14. The minimum absolute atomic E-state index is 0.198. The maximum absolute atomic E-state index is 12.3. The Labute approximate surface area is 131 Å². The summed E-state index contributed by atoms with van der Waals surface area (Å²) in [6, 6.07) is 13.9. The molecule has 4 nitrogen and oxygen atoms in total. The minimum atomic E-state index is -3.69. The molecule has 0 unspecified atom stereocenters. The van der Waals surface area contributed by atoms with E-state index in [0.717, 1.165) is 16.9 Å². The molecule has 0 saturated heterocycles. The molecule has 22 heavy (non-hydrogen) atoms. The average Bonchev–Trinajstić information content (AvgIpc) is 2.48. The summed E-state index contributed by atoms with van der Waals surface area (Å²) in [6.45, 7) is 6.09. The van der Waals surface area contributed by atoms with Crippen LogP contribution >= 0.6 is 0 Å². The molecule has 2 rings (SSSR count). The monoisotopic (exact) mass is 317 g/mol. The number of hydrogen-bond donors (Lipinski definition) is 0. The van der Waals surface area contributed by atoms with Gasteiger partial charge in [0.1, 0.15) is 5.75 Å². The number of benzene rings is 2. The molecular weight excluding hydrogens is 298 g/mol. The van der Waals surface area contributed by atoms with Crippen molar-refractivity contribution < 1.29 is 13.2 Å². The second-order valence-corrected chi connectivity index (χ2v) is 6.53. The van der Waals surface area contributed by atoms with Crippen LogP contribution in [0.4, 0.5) is 0 Å². The fourth-order valence-corrected chi connectivity index (χ4v) is 3.01. The van der Waals surface area contributed by atoms with Gasteiger partial charge in [-0.25, -0.2) is 0 Å². The quantitative estimate of drug-likeness (QED) is 0.792. The molecule has 2 aromatic rings. The lowest BCUT2D eigenvalue weighted by atomic mass is 10.1. The van der Waals surface area contributed by atoms with Crippen molar-refractivity contribution in [3.8, 4) is 5.75 Å². The van der Waals surface area contributed by atoms with Crippen molar-refractivity contribution in [3.05, 3.63) is 59.7 Å². The van der Waals surface area contributed by atoms with Crippen LogP contribution in [0.25, 0.3) is 0 Å². The predicted molar refractivity (Wildman–Crippen MR) is 88.2 cm³/mol. The Morgan fingerprint density at radius 1 is 1.05 bits per heavy atom. The van der Waals surface area contributed by atoms with Crippen LogP contribution in [0, 0.1) is 6.92 Å². The van der Waals surface area contributed by atoms with E-state index in [4.69, 9.17) is 4.74 Å². The number of hydrogen-bond acceptors (Lipinski definition) is 3. The van der Waals surface area contributed by atoms with Crippen LogP contribution in [0.5, 0.6) is 5.75 Å². The third-order valence-electron chi connectivity index (χ3n) is 3.16. The van der Waals surface area contributed by atoms with Gasteiger partial charge in [0.2, 0.25) is 0 Å². The number of rotatable bonds is 5. The first-order valence-electron chi connectivity index (χ1n) is 7.04. The topological polar surface area (TPSA) is 55.7 Å². The van der Waals surface area contributed by atoms with Crippen LogP contribution in [-0.2, 0) is 10.0 Å². The first-order chi connectivity index (χ1) is 10.4. The maximum Gasteiger partial charge on any atom is 0.282 e. The maximum atomic E-state index is 12.3. The molecule has 0 heterocycles. The number of sulfonamides is 1. The highest BCUT2D eigenvalue weighted by Crippen LogP contribution is 2.17. The predicted octanol–water partition coefficient (Wildman–Crippen LogP) is 3.59. The molecule has 5 heteroatoms. The summed E-state index contributed by atoms with van der Waals surface area (Å²) in [4.78, 5) is 0.198. The first-order valence-corrected chi connectivity index (χ1v) is 8.48. The molecule has 116 valence electrons. The Kier molecular flexibility index (Phi) is 4.98. The summed E-state index contributed by atoms with van der Waals surface area (Å²) >= 11 is 0. The van der Waals surface area contributed by atoms with E-state index in [-0.39, 0.29) is 4.90 Å². The number of aryl methyl sites for hydroxylation is 1. The highest BCUT2D eigenvalue weighted by Gasteiger charge is 2.13. The van der Waals surface area contributed by atoms with Gasteiger partial charge in [-0.2, -0.15) is 12.8 Å². The number of ether oxygens (including phenoxy) is 1. The van der Waals surface area contributed by atoms with E-state index in [1.54, 1.807) is 55.5 Å². The average molecular weight is 317 g/mol. The van der Waals surface area contributed by atoms with Crippen LogP contribution in [-0.4, -0.2) is 20.7 Å². The Morgan fingerprint density at radius 3 is 2.18 bits per heavy atom. The molecular formula is C17H19NO3S. The molecule has 0 aliphatic carbocycles. The molecule has 0 aliphatic heterocycles. The Morgan fingerprint density at radius 2 is 1.64 bits per heavy atom. The number of nitrogens with zero attached hydrogens (tertiary/aromatic N) is 1. The van der Waals surface area contributed by atoms with Crippen molar-refractivity contribution in [2.24, 2.45) is 4.40 Å². The van der Waals surface area contributed by atoms with Gasteiger partial charge < -0.3 is 4.74 Å². The standard InChI is InChI=1S/C17H19NO3S/c1-4-21-16-9-7-15(8-10-16)14(3)18-22(19,20)17-11-5-13(2)6-12-17/h5-12H,4H2,1-3H3/b18-14+. The highest BCUT2D eigenvalue weighted by atomic mass is 32.2. The van der Waals surface area contributed by atoms with Gasteiger partial charge in [0.05, 0.1) is 17.2 Å². The summed E-state index contributed by atoms with van der Waals surface area (Å²) in [5.41, 5.74) is 2.20. The lowest BCUT2D eigenvalue weighted by molar-refractivity contribution is 0.340. The lowest BCUT2D eigenvalue weighted by Crippen LogP contribution is -2.03. The fourth-order valence-electron chi connectivity index (χ4n) is 1.95. The van der Waals surface area contributed by atoms with Gasteiger partial charge in [-0.3, -0.25) is 0 Å². The summed E-state index contributed by atoms with van der Waals surface area (Å²) in [5.74, 6) is 0.750. The van der Waals surface area contributed by atoms with Gasteiger partial charge in [-0.1, -0.05) is 17.7 Å². The minimum Gasteiger partial charge on any atom is -0.494 e. The van der Waals surface area contributed by atoms with Gasteiger partial charge in [0.15, 0.2) is 0 Å². The Balaban J connectivity index is 2.28. The molecule has 0 atom stereocenters. The van der Waals surface area contributed by atoms with Crippen LogP contribution < -0.4 is 4.74 Å². The summed E-state index contributed by atoms with van der Waals surface area (Å²) in [5, 5.41) is 0. The smallest absolute Gasteiger partial charge is 0.282 e. The van der Waals surface area contributed by atoms with Gasteiger partial charge in [0, 0.05) is 0 Å². The third kappa shape index (κ3) is 3.95. The first kappa shape index (κ1) is 16.2. The van der Waals surface area contributed by atoms with E-state index >= 15 is 0 Å². The van der Waals surface area contributed by atoms with E-state index in [1.165, 1.54) is 0 Å². The molecule has 2 aromatic carbocycles. The molecule has 0 radical (unpaired) electrons. The fraction of sp³-hybridized carbons (Fsp3) is 0.235. The van der Waals surface area contributed by atoms with E-state index in [2.05, 4.69) is 4.40 Å². The largest absolute Gasteiger partial charge is 0.494 e. The van der Waals surface area contributed by atoms with Crippen LogP contribution in [0.2, 0.25) is 0 Å². The lowest BCUT2D eigenvalue weighted by Gasteiger charge is -2.05. The van der Waals surface area contributed by atoms with E-state index < -0.39 is 10.0 Å². The molecule has 0 aromatic heterocycles. The van der Waals surface area contributed by atoms with E-state index in [9.17, 15) is 8.42 Å². The van der Waals surface area contributed by atoms with Crippen molar-refractivity contribution in [2.75, 3.05) is 6.61 Å². The summed E-state index contributed by atoms with van der Waals surface area (Å²) < 4.78 is 33.8. The Bertz CT molecular complexity index is 761. The van der Waals surface area contributed by atoms with Gasteiger partial charge in [-0.15, -0.1) is 0 Å².